The van der Waals surface area contributed by atoms with Gasteiger partial charge in [-0.2, -0.15) is 0 Å². The molecule has 0 fully saturated rings. The fraction of sp³-hybridized carbons (Fsp3) is 0.421. The molecule has 0 radical (unpaired) electrons. The molecule has 23 heavy (non-hydrogen) atoms. The summed E-state index contributed by atoms with van der Waals surface area (Å²) in [5.74, 6) is 0.722. The zero-order valence-electron chi connectivity index (χ0n) is 14.5. The van der Waals surface area contributed by atoms with E-state index in [4.69, 9.17) is 11.1 Å². The fourth-order valence-corrected chi connectivity index (χ4v) is 3.12. The lowest BCUT2D eigenvalue weighted by Gasteiger charge is -2.11. The molecule has 0 saturated heterocycles. The third-order valence-corrected chi connectivity index (χ3v) is 3.97. The van der Waals surface area contributed by atoms with Crippen molar-refractivity contribution >= 4 is 22.2 Å². The van der Waals surface area contributed by atoms with E-state index in [0.29, 0.717) is 23.7 Å². The molecule has 2 rings (SSSR count). The molecule has 4 heteroatoms. The van der Waals surface area contributed by atoms with Crippen molar-refractivity contribution in [1.82, 2.24) is 4.57 Å². The molecule has 0 aliphatic heterocycles. The summed E-state index contributed by atoms with van der Waals surface area (Å²) in [6.07, 6.45) is 3.04. The van der Waals surface area contributed by atoms with E-state index in [9.17, 15) is 5.11 Å². The average molecular weight is 313 g/mol. The summed E-state index contributed by atoms with van der Waals surface area (Å²) in [5.41, 5.74) is 9.99. The number of fused-ring (bicyclic) bond motifs is 1. The molecule has 0 amide bonds. The molecule has 0 saturated carbocycles. The zero-order chi connectivity index (χ0) is 17.1. The first-order chi connectivity index (χ1) is 10.8. The summed E-state index contributed by atoms with van der Waals surface area (Å²) in [6.45, 7) is 9.29. The second-order valence-electron chi connectivity index (χ2n) is 6.56. The van der Waals surface area contributed by atoms with Gasteiger partial charge >= 0.3 is 0 Å². The van der Waals surface area contributed by atoms with Crippen LogP contribution in [0, 0.1) is 11.3 Å². The van der Waals surface area contributed by atoms with E-state index >= 15 is 0 Å². The molecule has 0 aliphatic rings. The van der Waals surface area contributed by atoms with E-state index in [0.717, 1.165) is 24.0 Å². The van der Waals surface area contributed by atoms with Crippen molar-refractivity contribution in [3.8, 4) is 0 Å². The number of aliphatic hydroxyl groups excluding tert-OH is 1. The van der Waals surface area contributed by atoms with Crippen LogP contribution in [-0.2, 0) is 13.0 Å². The van der Waals surface area contributed by atoms with Crippen molar-refractivity contribution in [3.05, 3.63) is 41.3 Å². The molecule has 0 bridgehead atoms. The van der Waals surface area contributed by atoms with E-state index in [-0.39, 0.29) is 5.76 Å². The number of aromatic nitrogens is 1. The van der Waals surface area contributed by atoms with Crippen molar-refractivity contribution in [2.75, 3.05) is 6.54 Å². The van der Waals surface area contributed by atoms with Crippen molar-refractivity contribution in [3.63, 3.8) is 0 Å². The van der Waals surface area contributed by atoms with Gasteiger partial charge in [0.25, 0.3) is 0 Å². The van der Waals surface area contributed by atoms with Gasteiger partial charge in [0.05, 0.1) is 5.76 Å². The minimum Gasteiger partial charge on any atom is -0.512 e. The lowest BCUT2D eigenvalue weighted by Crippen LogP contribution is -2.04. The largest absolute Gasteiger partial charge is 0.512 e. The second kappa shape index (κ2) is 7.01. The minimum absolute atomic E-state index is 0.181. The van der Waals surface area contributed by atoms with E-state index in [2.05, 4.69) is 36.7 Å². The second-order valence-corrected chi connectivity index (χ2v) is 6.56. The SMILES string of the molecule is CC(=N)/C(=C(/C)O)c1ccc2c(CCN)cn(CC(C)C)c2c1. The molecule has 1 heterocycles. The lowest BCUT2D eigenvalue weighted by molar-refractivity contribution is 0.418. The van der Waals surface area contributed by atoms with E-state index in [1.54, 1.807) is 13.8 Å². The van der Waals surface area contributed by atoms with Gasteiger partial charge in [-0.3, -0.25) is 0 Å². The number of nitrogens with two attached hydrogens (primary N) is 1. The molecule has 0 atom stereocenters. The van der Waals surface area contributed by atoms with Crippen LogP contribution in [0.25, 0.3) is 16.5 Å². The Balaban J connectivity index is 2.65. The Morgan fingerprint density at radius 2 is 2.00 bits per heavy atom. The van der Waals surface area contributed by atoms with Crippen molar-refractivity contribution < 1.29 is 5.11 Å². The summed E-state index contributed by atoms with van der Waals surface area (Å²) in [7, 11) is 0. The van der Waals surface area contributed by atoms with Crippen LogP contribution in [0.5, 0.6) is 0 Å². The summed E-state index contributed by atoms with van der Waals surface area (Å²) >= 11 is 0. The molecular weight excluding hydrogens is 286 g/mol. The third kappa shape index (κ3) is 3.64. The number of hydrogen-bond donors (Lipinski definition) is 3. The number of benzene rings is 1. The van der Waals surface area contributed by atoms with Crippen molar-refractivity contribution in [2.45, 2.75) is 40.7 Å². The molecule has 4 N–H and O–H groups in total. The highest BCUT2D eigenvalue weighted by Gasteiger charge is 2.14. The van der Waals surface area contributed by atoms with Crippen LogP contribution < -0.4 is 5.73 Å². The molecule has 0 spiro atoms. The van der Waals surface area contributed by atoms with Crippen LogP contribution in [0.2, 0.25) is 0 Å². The Hall–Kier alpha value is -2.07. The Labute approximate surface area is 138 Å². The van der Waals surface area contributed by atoms with Gasteiger partial charge in [-0.25, -0.2) is 0 Å². The summed E-state index contributed by atoms with van der Waals surface area (Å²) in [5, 5.41) is 19.1. The Morgan fingerprint density at radius 1 is 1.30 bits per heavy atom. The van der Waals surface area contributed by atoms with Gasteiger partial charge in [0.1, 0.15) is 0 Å². The highest BCUT2D eigenvalue weighted by Crippen LogP contribution is 2.28. The Bertz CT molecular complexity index is 749. The van der Waals surface area contributed by atoms with Gasteiger partial charge in [-0.05, 0) is 49.9 Å². The monoisotopic (exact) mass is 313 g/mol. The smallest absolute Gasteiger partial charge is 0.0987 e. The summed E-state index contributed by atoms with van der Waals surface area (Å²) < 4.78 is 2.26. The van der Waals surface area contributed by atoms with Gasteiger partial charge in [0, 0.05) is 34.9 Å². The molecule has 124 valence electrons. The highest BCUT2D eigenvalue weighted by atomic mass is 16.3. The minimum atomic E-state index is 0.181. The van der Waals surface area contributed by atoms with Crippen molar-refractivity contribution in [2.24, 2.45) is 11.7 Å². The van der Waals surface area contributed by atoms with E-state index < -0.39 is 0 Å². The number of allylic oxidation sites excluding steroid dienone is 2. The van der Waals surface area contributed by atoms with Gasteiger partial charge in [0.2, 0.25) is 0 Å². The first kappa shape index (κ1) is 17.3. The number of nitrogens with one attached hydrogen (secondary N) is 1. The fourth-order valence-electron chi connectivity index (χ4n) is 3.12. The molecular formula is C19H27N3O. The Morgan fingerprint density at radius 3 is 2.52 bits per heavy atom. The van der Waals surface area contributed by atoms with Crippen LogP contribution in [0.15, 0.2) is 30.2 Å². The maximum absolute atomic E-state index is 9.93. The molecule has 1 aromatic carbocycles. The predicted octanol–water partition coefficient (Wildman–Crippen LogP) is 4.13. The normalized spacial score (nSPS) is 12.8. The highest BCUT2D eigenvalue weighted by molar-refractivity contribution is 6.22. The number of rotatable bonds is 6. The van der Waals surface area contributed by atoms with E-state index in [1.807, 2.05) is 6.07 Å². The summed E-state index contributed by atoms with van der Waals surface area (Å²) in [6, 6.07) is 6.14. The average Bonchev–Trinajstić information content (AvgIpc) is 2.75. The van der Waals surface area contributed by atoms with Crippen LogP contribution in [0.1, 0.15) is 38.8 Å². The van der Waals surface area contributed by atoms with Crippen LogP contribution in [-0.4, -0.2) is 21.9 Å². The summed E-state index contributed by atoms with van der Waals surface area (Å²) in [4.78, 5) is 0. The van der Waals surface area contributed by atoms with Gasteiger partial charge in [-0.1, -0.05) is 26.0 Å². The van der Waals surface area contributed by atoms with Crippen LogP contribution in [0.4, 0.5) is 0 Å². The van der Waals surface area contributed by atoms with Crippen LogP contribution in [0.3, 0.4) is 0 Å². The number of aliphatic hydroxyl groups is 1. The molecule has 1 aromatic heterocycles. The maximum atomic E-state index is 9.93. The lowest BCUT2D eigenvalue weighted by atomic mass is 9.98. The van der Waals surface area contributed by atoms with Gasteiger partial charge < -0.3 is 20.8 Å². The molecule has 2 aromatic rings. The van der Waals surface area contributed by atoms with Crippen molar-refractivity contribution in [1.29, 1.82) is 5.41 Å². The number of nitrogens with zero attached hydrogens (tertiary/aromatic N) is 1. The van der Waals surface area contributed by atoms with E-state index in [1.165, 1.54) is 10.9 Å². The Kier molecular flexibility index (Phi) is 5.26. The third-order valence-electron chi connectivity index (χ3n) is 3.97. The number of hydrogen-bond acceptors (Lipinski definition) is 3. The van der Waals surface area contributed by atoms with Gasteiger partial charge in [-0.15, -0.1) is 0 Å². The van der Waals surface area contributed by atoms with Gasteiger partial charge in [0.15, 0.2) is 0 Å². The molecule has 4 nitrogen and oxygen atoms in total. The predicted molar refractivity (Wildman–Crippen MR) is 98.2 cm³/mol. The first-order valence-corrected chi connectivity index (χ1v) is 8.12. The quantitative estimate of drug-likeness (QED) is 0.554. The zero-order valence-corrected chi connectivity index (χ0v) is 14.5. The first-order valence-electron chi connectivity index (χ1n) is 8.12. The maximum Gasteiger partial charge on any atom is 0.0987 e. The molecule has 0 aliphatic carbocycles. The van der Waals surface area contributed by atoms with Crippen LogP contribution >= 0.6 is 0 Å². The topological polar surface area (TPSA) is 75.0 Å². The molecule has 0 unspecified atom stereocenters. The standard InChI is InChI=1S/C19H27N3O/c1-12(2)10-22-11-16(7-8-20)17-6-5-15(9-18(17)22)19(13(3)21)14(4)23/h5-6,9,11-12,21,23H,7-8,10,20H2,1-4H3/b19-14+,21-13?.